The van der Waals surface area contributed by atoms with Crippen molar-refractivity contribution in [3.63, 3.8) is 0 Å². The van der Waals surface area contributed by atoms with Crippen LogP contribution in [0.3, 0.4) is 0 Å². The summed E-state index contributed by atoms with van der Waals surface area (Å²) in [5, 5.41) is 4.46. The second-order valence-electron chi connectivity index (χ2n) is 4.91. The van der Waals surface area contributed by atoms with Gasteiger partial charge in [-0.15, -0.1) is 0 Å². The lowest BCUT2D eigenvalue weighted by Crippen LogP contribution is -2.37. The molecule has 0 spiro atoms. The SMILES string of the molecule is CCC1CCSC(=NCCC(=O)N2CCCC2)N1. The van der Waals surface area contributed by atoms with Gasteiger partial charge in [-0.05, 0) is 25.7 Å². The summed E-state index contributed by atoms with van der Waals surface area (Å²) in [5.74, 6) is 1.41. The molecule has 4 nitrogen and oxygen atoms in total. The van der Waals surface area contributed by atoms with Gasteiger partial charge in [0.1, 0.15) is 0 Å². The number of carbonyl (C=O) groups excluding carboxylic acids is 1. The van der Waals surface area contributed by atoms with Crippen molar-refractivity contribution in [1.82, 2.24) is 10.2 Å². The molecule has 1 unspecified atom stereocenters. The minimum absolute atomic E-state index is 0.268. The standard InChI is InChI=1S/C13H23N3OS/c1-2-11-6-10-18-13(15-11)14-7-5-12(17)16-8-3-4-9-16/h11H,2-10H2,1H3,(H,14,15). The molecule has 0 aromatic heterocycles. The zero-order valence-corrected chi connectivity index (χ0v) is 12.0. The number of nitrogens with one attached hydrogen (secondary N) is 1. The van der Waals surface area contributed by atoms with Crippen molar-refractivity contribution in [1.29, 1.82) is 0 Å². The highest BCUT2D eigenvalue weighted by Gasteiger charge is 2.18. The van der Waals surface area contributed by atoms with Crippen molar-refractivity contribution in [2.24, 2.45) is 4.99 Å². The predicted molar refractivity (Wildman–Crippen MR) is 77.0 cm³/mol. The quantitative estimate of drug-likeness (QED) is 0.847. The Balaban J connectivity index is 1.71. The first-order valence-corrected chi connectivity index (χ1v) is 7.99. The minimum Gasteiger partial charge on any atom is -0.362 e. The average Bonchev–Trinajstić information content (AvgIpc) is 2.93. The molecular formula is C13H23N3OS. The second kappa shape index (κ2) is 7.02. The van der Waals surface area contributed by atoms with Gasteiger partial charge in [0.25, 0.3) is 0 Å². The molecule has 1 N–H and O–H groups in total. The van der Waals surface area contributed by atoms with Gasteiger partial charge in [0.05, 0.1) is 6.54 Å². The number of rotatable bonds is 4. The van der Waals surface area contributed by atoms with Gasteiger partial charge in [0.15, 0.2) is 5.17 Å². The molecule has 0 aliphatic carbocycles. The largest absolute Gasteiger partial charge is 0.362 e. The summed E-state index contributed by atoms with van der Waals surface area (Å²) in [5.41, 5.74) is 0. The summed E-state index contributed by atoms with van der Waals surface area (Å²) >= 11 is 1.78. The molecule has 1 amide bonds. The van der Waals surface area contributed by atoms with Crippen LogP contribution in [0.5, 0.6) is 0 Å². The molecular weight excluding hydrogens is 246 g/mol. The van der Waals surface area contributed by atoms with Gasteiger partial charge >= 0.3 is 0 Å². The lowest BCUT2D eigenvalue weighted by Gasteiger charge is -2.24. The molecule has 0 aromatic rings. The van der Waals surface area contributed by atoms with E-state index in [1.54, 1.807) is 11.8 Å². The van der Waals surface area contributed by atoms with E-state index in [-0.39, 0.29) is 5.91 Å². The monoisotopic (exact) mass is 269 g/mol. The molecule has 2 saturated heterocycles. The number of amidine groups is 1. The van der Waals surface area contributed by atoms with Crippen LogP contribution in [-0.2, 0) is 4.79 Å². The molecule has 0 radical (unpaired) electrons. The lowest BCUT2D eigenvalue weighted by molar-refractivity contribution is -0.129. The highest BCUT2D eigenvalue weighted by Crippen LogP contribution is 2.16. The fraction of sp³-hybridized carbons (Fsp3) is 0.846. The van der Waals surface area contributed by atoms with Crippen LogP contribution in [0.2, 0.25) is 0 Å². The number of thioether (sulfide) groups is 1. The van der Waals surface area contributed by atoms with Gasteiger partial charge < -0.3 is 10.2 Å². The zero-order valence-electron chi connectivity index (χ0n) is 11.2. The maximum absolute atomic E-state index is 11.8. The molecule has 102 valence electrons. The van der Waals surface area contributed by atoms with Gasteiger partial charge in [-0.3, -0.25) is 9.79 Å². The maximum Gasteiger partial charge on any atom is 0.224 e. The average molecular weight is 269 g/mol. The number of likely N-dealkylation sites (tertiary alicyclic amines) is 1. The van der Waals surface area contributed by atoms with Crippen molar-refractivity contribution < 1.29 is 4.79 Å². The van der Waals surface area contributed by atoms with E-state index in [1.165, 1.54) is 6.42 Å². The third kappa shape index (κ3) is 3.90. The Bertz CT molecular complexity index is 313. The van der Waals surface area contributed by atoms with Crippen LogP contribution in [0.25, 0.3) is 0 Å². The van der Waals surface area contributed by atoms with Crippen molar-refractivity contribution in [2.75, 3.05) is 25.4 Å². The Morgan fingerprint density at radius 1 is 1.50 bits per heavy atom. The normalized spacial score (nSPS) is 26.4. The molecule has 0 saturated carbocycles. The van der Waals surface area contributed by atoms with Crippen molar-refractivity contribution >= 4 is 22.8 Å². The number of aliphatic imine (C=N–C) groups is 1. The molecule has 2 aliphatic heterocycles. The number of hydrogen-bond acceptors (Lipinski definition) is 3. The number of carbonyl (C=O) groups is 1. The highest BCUT2D eigenvalue weighted by atomic mass is 32.2. The topological polar surface area (TPSA) is 44.7 Å². The van der Waals surface area contributed by atoms with E-state index in [2.05, 4.69) is 17.2 Å². The fourth-order valence-electron chi connectivity index (χ4n) is 2.36. The number of hydrogen-bond donors (Lipinski definition) is 1. The maximum atomic E-state index is 11.8. The first-order chi connectivity index (χ1) is 8.79. The Morgan fingerprint density at radius 2 is 2.28 bits per heavy atom. The van der Waals surface area contributed by atoms with Crippen molar-refractivity contribution in [3.8, 4) is 0 Å². The summed E-state index contributed by atoms with van der Waals surface area (Å²) in [7, 11) is 0. The van der Waals surface area contributed by atoms with Crippen LogP contribution >= 0.6 is 11.8 Å². The molecule has 2 rings (SSSR count). The third-order valence-corrected chi connectivity index (χ3v) is 4.53. The Hall–Kier alpha value is -0.710. The molecule has 1 atom stereocenters. The number of nitrogens with zero attached hydrogens (tertiary/aromatic N) is 2. The van der Waals surface area contributed by atoms with E-state index in [1.807, 2.05) is 4.90 Å². The van der Waals surface area contributed by atoms with Gasteiger partial charge in [-0.1, -0.05) is 18.7 Å². The predicted octanol–water partition coefficient (Wildman–Crippen LogP) is 1.86. The summed E-state index contributed by atoms with van der Waals surface area (Å²) in [6, 6.07) is 0.569. The van der Waals surface area contributed by atoms with Crippen LogP contribution in [-0.4, -0.2) is 47.4 Å². The molecule has 2 aliphatic rings. The van der Waals surface area contributed by atoms with Crippen LogP contribution in [0.15, 0.2) is 4.99 Å². The highest BCUT2D eigenvalue weighted by molar-refractivity contribution is 8.13. The summed E-state index contributed by atoms with van der Waals surface area (Å²) in [6.07, 6.45) is 5.24. The van der Waals surface area contributed by atoms with E-state index in [0.29, 0.717) is 19.0 Å². The van der Waals surface area contributed by atoms with Crippen LogP contribution in [0.1, 0.15) is 39.0 Å². The molecule has 5 heteroatoms. The summed E-state index contributed by atoms with van der Waals surface area (Å²) in [4.78, 5) is 18.3. The van der Waals surface area contributed by atoms with E-state index in [9.17, 15) is 4.79 Å². The van der Waals surface area contributed by atoms with E-state index in [0.717, 1.165) is 43.3 Å². The molecule has 18 heavy (non-hydrogen) atoms. The van der Waals surface area contributed by atoms with Gasteiger partial charge in [0, 0.05) is 31.3 Å². The van der Waals surface area contributed by atoms with Crippen molar-refractivity contribution in [3.05, 3.63) is 0 Å². The minimum atomic E-state index is 0.268. The number of amides is 1. The van der Waals surface area contributed by atoms with Gasteiger partial charge in [0.2, 0.25) is 5.91 Å². The third-order valence-electron chi connectivity index (χ3n) is 3.57. The Morgan fingerprint density at radius 3 is 3.00 bits per heavy atom. The molecule has 2 fully saturated rings. The smallest absolute Gasteiger partial charge is 0.224 e. The lowest BCUT2D eigenvalue weighted by atomic mass is 10.2. The first kappa shape index (κ1) is 13.7. The Kier molecular flexibility index (Phi) is 5.35. The van der Waals surface area contributed by atoms with Crippen LogP contribution in [0.4, 0.5) is 0 Å². The van der Waals surface area contributed by atoms with Gasteiger partial charge in [-0.25, -0.2) is 0 Å². The summed E-state index contributed by atoms with van der Waals surface area (Å²) in [6.45, 7) is 4.71. The molecule has 0 aromatic carbocycles. The second-order valence-corrected chi connectivity index (χ2v) is 6.00. The van der Waals surface area contributed by atoms with E-state index in [4.69, 9.17) is 0 Å². The van der Waals surface area contributed by atoms with E-state index >= 15 is 0 Å². The summed E-state index contributed by atoms with van der Waals surface area (Å²) < 4.78 is 0. The van der Waals surface area contributed by atoms with Crippen LogP contribution in [0, 0.1) is 0 Å². The van der Waals surface area contributed by atoms with Crippen molar-refractivity contribution in [2.45, 2.75) is 45.1 Å². The van der Waals surface area contributed by atoms with Gasteiger partial charge in [-0.2, -0.15) is 0 Å². The Labute approximate surface area is 114 Å². The first-order valence-electron chi connectivity index (χ1n) is 7.01. The van der Waals surface area contributed by atoms with E-state index < -0.39 is 0 Å². The molecule has 0 bridgehead atoms. The zero-order chi connectivity index (χ0) is 12.8. The fourth-order valence-corrected chi connectivity index (χ4v) is 3.39. The molecule has 2 heterocycles. The van der Waals surface area contributed by atoms with Crippen LogP contribution < -0.4 is 5.32 Å².